The summed E-state index contributed by atoms with van der Waals surface area (Å²) in [6.45, 7) is 4.91. The molecule has 1 aliphatic carbocycles. The molecule has 4 atom stereocenters. The first-order chi connectivity index (χ1) is 6.54. The molecule has 4 unspecified atom stereocenters. The molecule has 4 heteroatoms. The third-order valence-electron chi connectivity index (χ3n) is 2.62. The molecule has 0 aromatic heterocycles. The van der Waals surface area contributed by atoms with Gasteiger partial charge in [-0.05, 0) is 6.42 Å². The van der Waals surface area contributed by atoms with E-state index in [-0.39, 0.29) is 6.42 Å². The molecule has 80 valence electrons. The Morgan fingerprint density at radius 2 is 1.86 bits per heavy atom. The van der Waals surface area contributed by atoms with E-state index in [1.807, 2.05) is 0 Å². The van der Waals surface area contributed by atoms with Crippen molar-refractivity contribution in [3.8, 4) is 0 Å². The van der Waals surface area contributed by atoms with Crippen molar-refractivity contribution < 1.29 is 17.6 Å². The number of halogens is 4. The van der Waals surface area contributed by atoms with Crippen LogP contribution in [0.15, 0.2) is 24.3 Å². The number of alkyl halides is 2. The van der Waals surface area contributed by atoms with Crippen molar-refractivity contribution in [2.75, 3.05) is 0 Å². The van der Waals surface area contributed by atoms with Gasteiger partial charge in [0, 0.05) is 11.8 Å². The predicted molar refractivity (Wildman–Crippen MR) is 46.5 cm³/mol. The summed E-state index contributed by atoms with van der Waals surface area (Å²) in [4.78, 5) is 0. The van der Waals surface area contributed by atoms with Crippen molar-refractivity contribution in [1.82, 2.24) is 0 Å². The van der Waals surface area contributed by atoms with Gasteiger partial charge >= 0.3 is 0 Å². The largest absolute Gasteiger partial charge is 0.243 e. The van der Waals surface area contributed by atoms with Crippen molar-refractivity contribution in [3.63, 3.8) is 0 Å². The number of hydrogen-bond donors (Lipinski definition) is 0. The lowest BCUT2D eigenvalue weighted by Gasteiger charge is -2.31. The molecule has 1 rings (SSSR count). The van der Waals surface area contributed by atoms with Crippen molar-refractivity contribution in [1.29, 1.82) is 0 Å². The molecule has 0 aromatic rings. The Morgan fingerprint density at radius 3 is 2.29 bits per heavy atom. The molecule has 0 spiro atoms. The molecule has 0 aliphatic heterocycles. The second kappa shape index (κ2) is 4.15. The van der Waals surface area contributed by atoms with Gasteiger partial charge in [-0.25, -0.2) is 17.6 Å². The normalized spacial score (nSPS) is 38.6. The quantitative estimate of drug-likeness (QED) is 0.480. The molecule has 14 heavy (non-hydrogen) atoms. The van der Waals surface area contributed by atoms with E-state index in [0.717, 1.165) is 6.08 Å². The zero-order chi connectivity index (χ0) is 10.9. The van der Waals surface area contributed by atoms with E-state index in [1.54, 1.807) is 6.92 Å². The molecule has 0 radical (unpaired) electrons. The van der Waals surface area contributed by atoms with Gasteiger partial charge in [0.05, 0.1) is 0 Å². The van der Waals surface area contributed by atoms with Crippen LogP contribution in [0, 0.1) is 11.8 Å². The van der Waals surface area contributed by atoms with Crippen LogP contribution in [0.25, 0.3) is 0 Å². The topological polar surface area (TPSA) is 0 Å². The average Bonchev–Trinajstić information content (AvgIpc) is 2.20. The lowest BCUT2D eigenvalue weighted by Crippen LogP contribution is -2.36. The minimum atomic E-state index is -2.49. The Hall–Kier alpha value is -0.800. The molecule has 1 aliphatic rings. The highest BCUT2D eigenvalue weighted by molar-refractivity contribution is 5.20. The third kappa shape index (κ3) is 1.57. The van der Waals surface area contributed by atoms with Gasteiger partial charge in [-0.15, -0.1) is 6.58 Å². The lowest BCUT2D eigenvalue weighted by atomic mass is 9.79. The number of rotatable bonds is 2. The fourth-order valence-corrected chi connectivity index (χ4v) is 1.78. The number of hydrogen-bond acceptors (Lipinski definition) is 0. The van der Waals surface area contributed by atoms with E-state index < -0.39 is 35.8 Å². The van der Waals surface area contributed by atoms with Gasteiger partial charge in [0.2, 0.25) is 0 Å². The maximum atomic E-state index is 13.2. The molecule has 0 saturated heterocycles. The third-order valence-corrected chi connectivity index (χ3v) is 2.62. The Labute approximate surface area is 80.3 Å². The second-order valence-electron chi connectivity index (χ2n) is 3.37. The van der Waals surface area contributed by atoms with Crippen LogP contribution in [0.4, 0.5) is 17.6 Å². The van der Waals surface area contributed by atoms with Gasteiger partial charge in [0.1, 0.15) is 12.0 Å². The van der Waals surface area contributed by atoms with Crippen LogP contribution in [0.5, 0.6) is 0 Å². The van der Waals surface area contributed by atoms with Crippen molar-refractivity contribution in [3.05, 3.63) is 24.3 Å². The fourth-order valence-electron chi connectivity index (χ4n) is 1.78. The summed E-state index contributed by atoms with van der Waals surface area (Å²) in [5.74, 6) is -4.66. The van der Waals surface area contributed by atoms with Crippen molar-refractivity contribution in [2.24, 2.45) is 11.8 Å². The predicted octanol–water partition coefficient (Wildman–Crippen LogP) is 3.66. The van der Waals surface area contributed by atoms with E-state index >= 15 is 0 Å². The van der Waals surface area contributed by atoms with Crippen LogP contribution in [0.2, 0.25) is 0 Å². The highest BCUT2D eigenvalue weighted by Crippen LogP contribution is 2.41. The summed E-state index contributed by atoms with van der Waals surface area (Å²) in [6, 6.07) is 0. The molecular formula is C10H12F4. The Morgan fingerprint density at radius 1 is 1.29 bits per heavy atom. The zero-order valence-electron chi connectivity index (χ0n) is 7.81. The first-order valence-corrected chi connectivity index (χ1v) is 4.50. The van der Waals surface area contributed by atoms with Crippen LogP contribution in [0.3, 0.4) is 0 Å². The molecule has 0 saturated carbocycles. The summed E-state index contributed by atoms with van der Waals surface area (Å²) >= 11 is 0. The van der Waals surface area contributed by atoms with E-state index in [0.29, 0.717) is 0 Å². The number of allylic oxidation sites excluding steroid dienone is 3. The highest BCUT2D eigenvalue weighted by atomic mass is 19.2. The maximum absolute atomic E-state index is 13.2. The fraction of sp³-hybridized carbons (Fsp3) is 0.600. The van der Waals surface area contributed by atoms with Gasteiger partial charge in [0.25, 0.3) is 0 Å². The van der Waals surface area contributed by atoms with E-state index in [4.69, 9.17) is 0 Å². The van der Waals surface area contributed by atoms with E-state index in [1.165, 1.54) is 0 Å². The van der Waals surface area contributed by atoms with Gasteiger partial charge in [-0.1, -0.05) is 13.0 Å². The first kappa shape index (κ1) is 11.3. The molecule has 0 aromatic carbocycles. The summed E-state index contributed by atoms with van der Waals surface area (Å²) in [7, 11) is 0. The smallest absolute Gasteiger partial charge is 0.185 e. The lowest BCUT2D eigenvalue weighted by molar-refractivity contribution is 0.0805. The highest BCUT2D eigenvalue weighted by Gasteiger charge is 2.44. The van der Waals surface area contributed by atoms with Crippen molar-refractivity contribution in [2.45, 2.75) is 25.7 Å². The Bertz CT molecular complexity index is 259. The first-order valence-electron chi connectivity index (χ1n) is 4.50. The Kier molecular flexibility index (Phi) is 3.34. The average molecular weight is 208 g/mol. The molecule has 0 fully saturated rings. The van der Waals surface area contributed by atoms with Gasteiger partial charge in [-0.2, -0.15) is 0 Å². The van der Waals surface area contributed by atoms with Crippen LogP contribution in [-0.2, 0) is 0 Å². The molecular weight excluding hydrogens is 196 g/mol. The van der Waals surface area contributed by atoms with Crippen LogP contribution in [0.1, 0.15) is 13.3 Å². The summed E-state index contributed by atoms with van der Waals surface area (Å²) in [5, 5.41) is 0. The minimum absolute atomic E-state index is 0.225. The molecule has 0 nitrogen and oxygen atoms in total. The van der Waals surface area contributed by atoms with E-state index in [2.05, 4.69) is 6.58 Å². The minimum Gasteiger partial charge on any atom is -0.243 e. The van der Waals surface area contributed by atoms with E-state index in [9.17, 15) is 17.6 Å². The zero-order valence-corrected chi connectivity index (χ0v) is 7.81. The molecule has 0 bridgehead atoms. The maximum Gasteiger partial charge on any atom is 0.185 e. The Balaban J connectivity index is 3.09. The van der Waals surface area contributed by atoms with Gasteiger partial charge in [0.15, 0.2) is 12.0 Å². The van der Waals surface area contributed by atoms with Gasteiger partial charge < -0.3 is 0 Å². The van der Waals surface area contributed by atoms with Crippen LogP contribution in [-0.4, -0.2) is 12.3 Å². The summed E-state index contributed by atoms with van der Waals surface area (Å²) in [6.07, 6.45) is -3.14. The van der Waals surface area contributed by atoms with Crippen LogP contribution < -0.4 is 0 Å². The van der Waals surface area contributed by atoms with Crippen LogP contribution >= 0.6 is 0 Å². The summed E-state index contributed by atoms with van der Waals surface area (Å²) < 4.78 is 52.1. The SMILES string of the molecule is C=CC1C(CC)C(F)=C(F)C(F)C1F. The standard InChI is InChI=1S/C10H12F4/c1-3-5-6(4-2)8(12)10(14)9(13)7(5)11/h3,5-7,9H,1,4H2,2H3. The molecule has 0 amide bonds. The summed E-state index contributed by atoms with van der Waals surface area (Å²) in [5.41, 5.74) is 0. The monoisotopic (exact) mass is 208 g/mol. The second-order valence-corrected chi connectivity index (χ2v) is 3.37. The molecule has 0 heterocycles. The van der Waals surface area contributed by atoms with Gasteiger partial charge in [-0.3, -0.25) is 0 Å². The molecule has 0 N–H and O–H groups in total. The van der Waals surface area contributed by atoms with Crippen molar-refractivity contribution >= 4 is 0 Å².